The summed E-state index contributed by atoms with van der Waals surface area (Å²) in [5.41, 5.74) is 1.69. The van der Waals surface area contributed by atoms with Crippen molar-refractivity contribution in [3.05, 3.63) is 41.7 Å². The molecule has 0 bridgehead atoms. The van der Waals surface area contributed by atoms with Crippen LogP contribution in [-0.2, 0) is 20.7 Å². The maximum Gasteiger partial charge on any atom is 0.312 e. The van der Waals surface area contributed by atoms with Crippen LogP contribution >= 0.6 is 0 Å². The van der Waals surface area contributed by atoms with Gasteiger partial charge in [-0.15, -0.1) is 0 Å². The van der Waals surface area contributed by atoms with Crippen molar-refractivity contribution in [1.29, 1.82) is 0 Å². The topological polar surface area (TPSA) is 107 Å². The zero-order chi connectivity index (χ0) is 17.1. The van der Waals surface area contributed by atoms with Gasteiger partial charge in [0.1, 0.15) is 5.69 Å². The molecule has 124 valence electrons. The van der Waals surface area contributed by atoms with E-state index in [-0.39, 0.29) is 12.3 Å². The fraction of sp³-hybridized carbons (Fsp3) is 0.250. The number of esters is 1. The molecule has 1 amide bonds. The van der Waals surface area contributed by atoms with Crippen LogP contribution in [0.4, 0.5) is 5.88 Å². The normalized spacial score (nSPS) is 12.1. The Bertz CT molecular complexity index is 883. The summed E-state index contributed by atoms with van der Waals surface area (Å²) >= 11 is 0. The van der Waals surface area contributed by atoms with E-state index in [0.717, 1.165) is 5.39 Å². The van der Waals surface area contributed by atoms with E-state index in [0.29, 0.717) is 17.0 Å². The van der Waals surface area contributed by atoms with E-state index in [4.69, 9.17) is 13.8 Å². The second-order valence-electron chi connectivity index (χ2n) is 5.26. The number of aryl methyl sites for hydroxylation is 1. The van der Waals surface area contributed by atoms with Gasteiger partial charge in [0.25, 0.3) is 5.91 Å². The number of carbonyl (C=O) groups excluding carboxylic acids is 2. The average Bonchev–Trinajstić information content (AvgIpc) is 3.14. The van der Waals surface area contributed by atoms with Gasteiger partial charge in [-0.05, 0) is 26.0 Å². The molecule has 0 saturated carbocycles. The monoisotopic (exact) mass is 329 g/mol. The molecule has 0 aliphatic carbocycles. The molecule has 1 aromatic carbocycles. The van der Waals surface area contributed by atoms with Gasteiger partial charge in [0.2, 0.25) is 5.88 Å². The van der Waals surface area contributed by atoms with E-state index < -0.39 is 18.0 Å². The minimum atomic E-state index is -0.985. The molecule has 0 spiro atoms. The van der Waals surface area contributed by atoms with Crippen LogP contribution in [-0.4, -0.2) is 28.3 Å². The molecule has 8 nitrogen and oxygen atoms in total. The molecule has 8 heteroatoms. The van der Waals surface area contributed by atoms with E-state index in [1.54, 1.807) is 25.1 Å². The number of benzene rings is 1. The zero-order valence-corrected chi connectivity index (χ0v) is 13.1. The van der Waals surface area contributed by atoms with E-state index >= 15 is 0 Å². The van der Waals surface area contributed by atoms with Gasteiger partial charge < -0.3 is 13.8 Å². The Balaban J connectivity index is 1.58. The Hall–Kier alpha value is -3.16. The van der Waals surface area contributed by atoms with Gasteiger partial charge in [-0.25, -0.2) is 0 Å². The lowest BCUT2D eigenvalue weighted by atomic mass is 10.2. The molecule has 2 heterocycles. The summed E-state index contributed by atoms with van der Waals surface area (Å²) in [6, 6.07) is 8.76. The number of hydrogen-bond donors (Lipinski definition) is 1. The number of nitrogens with one attached hydrogen (secondary N) is 1. The van der Waals surface area contributed by atoms with E-state index in [9.17, 15) is 9.59 Å². The van der Waals surface area contributed by atoms with Crippen molar-refractivity contribution in [3.63, 3.8) is 0 Å². The number of hydrogen-bond acceptors (Lipinski definition) is 7. The number of anilines is 1. The van der Waals surface area contributed by atoms with Crippen molar-refractivity contribution < 1.29 is 23.4 Å². The SMILES string of the molecule is Cc1cc(NC(=O)C(C)OC(=O)Cc2noc3ccccc23)on1. The summed E-state index contributed by atoms with van der Waals surface area (Å²) in [4.78, 5) is 24.0. The molecule has 0 aliphatic rings. The number of amides is 1. The maximum absolute atomic E-state index is 12.0. The highest BCUT2D eigenvalue weighted by atomic mass is 16.5. The lowest BCUT2D eigenvalue weighted by Crippen LogP contribution is -2.30. The highest BCUT2D eigenvalue weighted by molar-refractivity contribution is 5.94. The smallest absolute Gasteiger partial charge is 0.312 e. The van der Waals surface area contributed by atoms with Gasteiger partial charge in [-0.1, -0.05) is 22.4 Å². The third kappa shape index (κ3) is 3.43. The first-order valence-electron chi connectivity index (χ1n) is 7.30. The minimum absolute atomic E-state index is 0.0873. The maximum atomic E-state index is 12.0. The second-order valence-corrected chi connectivity index (χ2v) is 5.26. The summed E-state index contributed by atoms with van der Waals surface area (Å²) in [5, 5.41) is 10.7. The molecule has 0 fully saturated rings. The first-order valence-corrected chi connectivity index (χ1v) is 7.30. The third-order valence-electron chi connectivity index (χ3n) is 3.32. The third-order valence-corrected chi connectivity index (χ3v) is 3.32. The van der Waals surface area contributed by atoms with Gasteiger partial charge >= 0.3 is 5.97 Å². The summed E-state index contributed by atoms with van der Waals surface area (Å²) in [6.45, 7) is 3.20. The number of rotatable bonds is 5. The highest BCUT2D eigenvalue weighted by Gasteiger charge is 2.21. The lowest BCUT2D eigenvalue weighted by Gasteiger charge is -2.11. The van der Waals surface area contributed by atoms with Crippen molar-refractivity contribution in [1.82, 2.24) is 10.3 Å². The Morgan fingerprint density at radius 2 is 2.04 bits per heavy atom. The van der Waals surface area contributed by atoms with Gasteiger partial charge in [0.15, 0.2) is 11.7 Å². The average molecular weight is 329 g/mol. The lowest BCUT2D eigenvalue weighted by molar-refractivity contribution is -0.152. The minimum Gasteiger partial charge on any atom is -0.452 e. The first kappa shape index (κ1) is 15.7. The van der Waals surface area contributed by atoms with Crippen molar-refractivity contribution in [3.8, 4) is 0 Å². The Morgan fingerprint density at radius 1 is 1.25 bits per heavy atom. The van der Waals surface area contributed by atoms with Gasteiger partial charge in [-0.2, -0.15) is 0 Å². The molecule has 2 aromatic heterocycles. The molecule has 0 radical (unpaired) electrons. The van der Waals surface area contributed by atoms with Crippen molar-refractivity contribution in [2.24, 2.45) is 0 Å². The number of carbonyl (C=O) groups is 2. The van der Waals surface area contributed by atoms with Crippen LogP contribution in [0.25, 0.3) is 11.0 Å². The van der Waals surface area contributed by atoms with E-state index in [2.05, 4.69) is 15.6 Å². The number of nitrogens with zero attached hydrogens (tertiary/aromatic N) is 2. The molecule has 1 N–H and O–H groups in total. The van der Waals surface area contributed by atoms with Crippen LogP contribution in [0.15, 0.2) is 39.4 Å². The Morgan fingerprint density at radius 3 is 2.79 bits per heavy atom. The molecule has 24 heavy (non-hydrogen) atoms. The summed E-state index contributed by atoms with van der Waals surface area (Å²) in [6.07, 6.45) is -1.07. The van der Waals surface area contributed by atoms with Crippen LogP contribution in [0.1, 0.15) is 18.3 Å². The van der Waals surface area contributed by atoms with Crippen LogP contribution in [0.5, 0.6) is 0 Å². The summed E-state index contributed by atoms with van der Waals surface area (Å²) < 4.78 is 15.1. The molecule has 0 aliphatic heterocycles. The molecule has 3 rings (SSSR count). The molecule has 3 aromatic rings. The summed E-state index contributed by atoms with van der Waals surface area (Å²) in [5.74, 6) is -0.891. The van der Waals surface area contributed by atoms with E-state index in [1.165, 1.54) is 6.92 Å². The predicted molar refractivity (Wildman–Crippen MR) is 83.1 cm³/mol. The van der Waals surface area contributed by atoms with E-state index in [1.807, 2.05) is 12.1 Å². The quantitative estimate of drug-likeness (QED) is 0.715. The fourth-order valence-corrected chi connectivity index (χ4v) is 2.14. The highest BCUT2D eigenvalue weighted by Crippen LogP contribution is 2.18. The number of ether oxygens (including phenoxy) is 1. The molecular formula is C16H15N3O5. The molecule has 1 unspecified atom stereocenters. The number of fused-ring (bicyclic) bond motifs is 1. The molecule has 0 saturated heterocycles. The first-order chi connectivity index (χ1) is 11.5. The Labute approximate surface area is 136 Å². The van der Waals surface area contributed by atoms with Crippen molar-refractivity contribution >= 4 is 28.7 Å². The van der Waals surface area contributed by atoms with Crippen LogP contribution < -0.4 is 5.32 Å². The Kier molecular flexibility index (Phi) is 4.28. The van der Waals surface area contributed by atoms with Crippen molar-refractivity contribution in [2.45, 2.75) is 26.4 Å². The molecular weight excluding hydrogens is 314 g/mol. The fourth-order valence-electron chi connectivity index (χ4n) is 2.14. The van der Waals surface area contributed by atoms with Gasteiger partial charge in [0, 0.05) is 11.5 Å². The standard InChI is InChI=1S/C16H15N3O5/c1-9-7-14(24-18-9)17-16(21)10(2)22-15(20)8-12-11-5-3-4-6-13(11)23-19-12/h3-7,10H,8H2,1-2H3,(H,17,21). The number of para-hydroxylation sites is 1. The van der Waals surface area contributed by atoms with Crippen LogP contribution in [0.3, 0.4) is 0 Å². The predicted octanol–water partition coefficient (Wildman–Crippen LogP) is 2.24. The molecule has 1 atom stereocenters. The largest absolute Gasteiger partial charge is 0.452 e. The van der Waals surface area contributed by atoms with Gasteiger partial charge in [0.05, 0.1) is 12.1 Å². The zero-order valence-electron chi connectivity index (χ0n) is 13.1. The number of aromatic nitrogens is 2. The van der Waals surface area contributed by atoms with Crippen molar-refractivity contribution in [2.75, 3.05) is 5.32 Å². The van der Waals surface area contributed by atoms with Crippen LogP contribution in [0.2, 0.25) is 0 Å². The second kappa shape index (κ2) is 6.53. The van der Waals surface area contributed by atoms with Gasteiger partial charge in [-0.3, -0.25) is 14.9 Å². The summed E-state index contributed by atoms with van der Waals surface area (Å²) in [7, 11) is 0. The van der Waals surface area contributed by atoms with Crippen LogP contribution in [0, 0.1) is 6.92 Å².